The molecule has 0 fully saturated rings. The summed E-state index contributed by atoms with van der Waals surface area (Å²) in [7, 11) is -4.15. The van der Waals surface area contributed by atoms with Crippen molar-refractivity contribution in [1.82, 2.24) is 10.2 Å². The minimum atomic E-state index is -4.15. The second-order valence-electron chi connectivity index (χ2n) is 9.70. The highest BCUT2D eigenvalue weighted by Gasteiger charge is 2.33. The molecule has 9 heteroatoms. The Morgan fingerprint density at radius 3 is 2.21 bits per heavy atom. The van der Waals surface area contributed by atoms with Crippen molar-refractivity contribution >= 4 is 39.1 Å². The van der Waals surface area contributed by atoms with E-state index in [2.05, 4.69) is 5.32 Å². The number of carbonyl (C=O) groups excluding carboxylic acids is 2. The zero-order chi connectivity index (χ0) is 28.7. The van der Waals surface area contributed by atoms with Gasteiger partial charge in [-0.2, -0.15) is 0 Å². The lowest BCUT2D eigenvalue weighted by molar-refractivity contribution is -0.139. The van der Waals surface area contributed by atoms with E-state index in [0.29, 0.717) is 16.3 Å². The van der Waals surface area contributed by atoms with Gasteiger partial charge in [-0.3, -0.25) is 13.9 Å². The van der Waals surface area contributed by atoms with E-state index in [4.69, 9.17) is 11.6 Å². The lowest BCUT2D eigenvalue weighted by Crippen LogP contribution is -2.52. The molecule has 0 spiro atoms. The van der Waals surface area contributed by atoms with Crippen molar-refractivity contribution in [2.75, 3.05) is 10.8 Å². The molecule has 0 heterocycles. The maximum absolute atomic E-state index is 14.0. The summed E-state index contributed by atoms with van der Waals surface area (Å²) in [5.74, 6) is -0.813. The van der Waals surface area contributed by atoms with E-state index in [1.807, 2.05) is 45.0 Å². The highest BCUT2D eigenvalue weighted by molar-refractivity contribution is 7.92. The Morgan fingerprint density at radius 2 is 1.56 bits per heavy atom. The highest BCUT2D eigenvalue weighted by atomic mass is 35.5. The molecule has 39 heavy (non-hydrogen) atoms. The Bertz CT molecular complexity index is 1410. The Balaban J connectivity index is 2.07. The monoisotopic (exact) mass is 569 g/mol. The van der Waals surface area contributed by atoms with Crippen LogP contribution in [0.2, 0.25) is 5.02 Å². The lowest BCUT2D eigenvalue weighted by atomic mass is 10.1. The van der Waals surface area contributed by atoms with Gasteiger partial charge in [0.05, 0.1) is 10.6 Å². The number of halogens is 1. The number of aryl methyl sites for hydroxylation is 2. The van der Waals surface area contributed by atoms with Gasteiger partial charge >= 0.3 is 0 Å². The van der Waals surface area contributed by atoms with Crippen LogP contribution in [0.25, 0.3) is 0 Å². The van der Waals surface area contributed by atoms with Gasteiger partial charge in [0.2, 0.25) is 11.8 Å². The molecule has 2 atom stereocenters. The average molecular weight is 570 g/mol. The van der Waals surface area contributed by atoms with E-state index in [-0.39, 0.29) is 23.4 Å². The van der Waals surface area contributed by atoms with Gasteiger partial charge in [0.15, 0.2) is 0 Å². The molecule has 0 unspecified atom stereocenters. The van der Waals surface area contributed by atoms with Crippen LogP contribution in [-0.4, -0.2) is 43.8 Å². The largest absolute Gasteiger partial charge is 0.352 e. The summed E-state index contributed by atoms with van der Waals surface area (Å²) >= 11 is 6.27. The number of anilines is 1. The Morgan fingerprint density at radius 1 is 0.923 bits per heavy atom. The summed E-state index contributed by atoms with van der Waals surface area (Å²) in [5, 5.41) is 3.28. The van der Waals surface area contributed by atoms with Crippen LogP contribution in [0.3, 0.4) is 0 Å². The van der Waals surface area contributed by atoms with Gasteiger partial charge in [0.25, 0.3) is 10.0 Å². The molecule has 2 amide bonds. The predicted octanol–water partition coefficient (Wildman–Crippen LogP) is 5.48. The first-order valence-corrected chi connectivity index (χ1v) is 14.8. The number of nitrogens with one attached hydrogen (secondary N) is 1. The Kier molecular flexibility index (Phi) is 10.2. The zero-order valence-corrected chi connectivity index (χ0v) is 24.6. The van der Waals surface area contributed by atoms with E-state index in [0.717, 1.165) is 21.9 Å². The maximum Gasteiger partial charge on any atom is 0.264 e. The van der Waals surface area contributed by atoms with E-state index >= 15 is 0 Å². The Hall–Kier alpha value is -3.36. The van der Waals surface area contributed by atoms with E-state index in [1.54, 1.807) is 44.2 Å². The standard InChI is InChI=1S/C30H36ClN3O4S/c1-6-23(4)32-30(36)24(5)33(19-25-13-11-10-12-21(25)2)29(35)20-34(28-18-26(31)17-16-22(28)3)39(37,38)27-14-8-7-9-15-27/h7-18,23-24H,6,19-20H2,1-5H3,(H,32,36)/t23-,24-/m1/s1. The van der Waals surface area contributed by atoms with Crippen molar-refractivity contribution in [2.24, 2.45) is 0 Å². The van der Waals surface area contributed by atoms with Gasteiger partial charge in [-0.05, 0) is 75.1 Å². The predicted molar refractivity (Wildman–Crippen MR) is 156 cm³/mol. The fraction of sp³-hybridized carbons (Fsp3) is 0.333. The number of sulfonamides is 1. The molecule has 3 aromatic carbocycles. The van der Waals surface area contributed by atoms with Gasteiger partial charge in [0.1, 0.15) is 12.6 Å². The smallest absolute Gasteiger partial charge is 0.264 e. The molecule has 1 N–H and O–H groups in total. The van der Waals surface area contributed by atoms with E-state index in [1.165, 1.54) is 23.1 Å². The SMILES string of the molecule is CC[C@@H](C)NC(=O)[C@@H](C)N(Cc1ccccc1C)C(=O)CN(c1cc(Cl)ccc1C)S(=O)(=O)c1ccccc1. The third-order valence-electron chi connectivity index (χ3n) is 6.82. The first-order chi connectivity index (χ1) is 18.4. The second-order valence-corrected chi connectivity index (χ2v) is 12.0. The quantitative estimate of drug-likeness (QED) is 0.331. The molecular weight excluding hydrogens is 534 g/mol. The third kappa shape index (κ3) is 7.40. The van der Waals surface area contributed by atoms with Crippen LogP contribution >= 0.6 is 11.6 Å². The molecule has 0 bridgehead atoms. The molecule has 0 saturated carbocycles. The average Bonchev–Trinajstić information content (AvgIpc) is 2.92. The van der Waals surface area contributed by atoms with Crippen LogP contribution in [0, 0.1) is 13.8 Å². The first kappa shape index (κ1) is 30.2. The van der Waals surface area contributed by atoms with Crippen molar-refractivity contribution in [3.8, 4) is 0 Å². The summed E-state index contributed by atoms with van der Waals surface area (Å²) in [6.07, 6.45) is 0.737. The van der Waals surface area contributed by atoms with Gasteiger partial charge in [-0.15, -0.1) is 0 Å². The Labute approximate surface area is 236 Å². The summed E-state index contributed by atoms with van der Waals surface area (Å²) in [6.45, 7) is 8.86. The molecule has 208 valence electrons. The second kappa shape index (κ2) is 13.1. The van der Waals surface area contributed by atoms with E-state index in [9.17, 15) is 18.0 Å². The summed E-state index contributed by atoms with van der Waals surface area (Å²) in [6, 6.07) is 19.6. The van der Waals surface area contributed by atoms with Gasteiger partial charge in [-0.25, -0.2) is 8.42 Å². The van der Waals surface area contributed by atoms with Gasteiger partial charge in [-0.1, -0.05) is 67.1 Å². The summed E-state index contributed by atoms with van der Waals surface area (Å²) in [5.41, 5.74) is 2.77. The number of amides is 2. The zero-order valence-electron chi connectivity index (χ0n) is 23.0. The van der Waals surface area contributed by atoms with Crippen LogP contribution in [0.1, 0.15) is 43.9 Å². The molecule has 3 rings (SSSR count). The van der Waals surface area contributed by atoms with Crippen molar-refractivity contribution in [3.05, 3.63) is 94.5 Å². The number of hydrogen-bond acceptors (Lipinski definition) is 4. The molecule has 0 aliphatic rings. The number of carbonyl (C=O) groups is 2. The van der Waals surface area contributed by atoms with Crippen molar-refractivity contribution < 1.29 is 18.0 Å². The normalized spacial score (nSPS) is 12.9. The minimum absolute atomic E-state index is 0.0465. The van der Waals surface area contributed by atoms with Crippen LogP contribution in [-0.2, 0) is 26.2 Å². The minimum Gasteiger partial charge on any atom is -0.352 e. The van der Waals surface area contributed by atoms with Crippen molar-refractivity contribution in [1.29, 1.82) is 0 Å². The number of nitrogens with zero attached hydrogens (tertiary/aromatic N) is 2. The fourth-order valence-electron chi connectivity index (χ4n) is 4.10. The fourth-order valence-corrected chi connectivity index (χ4v) is 5.76. The molecule has 0 aliphatic heterocycles. The van der Waals surface area contributed by atoms with Crippen LogP contribution in [0.15, 0.2) is 77.7 Å². The number of rotatable bonds is 11. The molecule has 3 aromatic rings. The van der Waals surface area contributed by atoms with Crippen LogP contribution in [0.5, 0.6) is 0 Å². The first-order valence-electron chi connectivity index (χ1n) is 12.9. The summed E-state index contributed by atoms with van der Waals surface area (Å²) in [4.78, 5) is 28.7. The molecule has 0 radical (unpaired) electrons. The van der Waals surface area contributed by atoms with Crippen LogP contribution in [0.4, 0.5) is 5.69 Å². The third-order valence-corrected chi connectivity index (χ3v) is 8.83. The van der Waals surface area contributed by atoms with Crippen LogP contribution < -0.4 is 9.62 Å². The highest BCUT2D eigenvalue weighted by Crippen LogP contribution is 2.30. The van der Waals surface area contributed by atoms with Crippen molar-refractivity contribution in [2.45, 2.75) is 64.6 Å². The topological polar surface area (TPSA) is 86.8 Å². The number of benzene rings is 3. The molecule has 0 aromatic heterocycles. The van der Waals surface area contributed by atoms with Gasteiger partial charge < -0.3 is 10.2 Å². The molecule has 0 saturated heterocycles. The summed E-state index contributed by atoms with van der Waals surface area (Å²) < 4.78 is 28.9. The molecule has 7 nitrogen and oxygen atoms in total. The molecule has 0 aliphatic carbocycles. The van der Waals surface area contributed by atoms with Gasteiger partial charge in [0, 0.05) is 17.6 Å². The molecular formula is C30H36ClN3O4S. The van der Waals surface area contributed by atoms with Crippen molar-refractivity contribution in [3.63, 3.8) is 0 Å². The number of hydrogen-bond donors (Lipinski definition) is 1. The lowest BCUT2D eigenvalue weighted by Gasteiger charge is -2.33. The maximum atomic E-state index is 14.0. The van der Waals surface area contributed by atoms with E-state index < -0.39 is 28.5 Å².